The van der Waals surface area contributed by atoms with Crippen LogP contribution in [0.2, 0.25) is 0 Å². The number of carbonyl (C=O) groups is 1. The van der Waals surface area contributed by atoms with Crippen LogP contribution in [0.15, 0.2) is 23.7 Å². The van der Waals surface area contributed by atoms with E-state index in [2.05, 4.69) is 10.3 Å². The van der Waals surface area contributed by atoms with E-state index in [1.165, 1.54) is 0 Å². The van der Waals surface area contributed by atoms with Crippen LogP contribution in [0.25, 0.3) is 10.2 Å². The van der Waals surface area contributed by atoms with Gasteiger partial charge in [-0.15, -0.1) is 11.3 Å². The fraction of sp³-hybridized carbons (Fsp3) is 0.333. The quantitative estimate of drug-likeness (QED) is 0.907. The predicted octanol–water partition coefficient (Wildman–Crippen LogP) is 2.18. The number of fused-ring (bicyclic) bond motifs is 1. The SMILES string of the molecule is CC(Nc1ccc2ncsc2c1)C(=O)N(C)C. The summed E-state index contributed by atoms with van der Waals surface area (Å²) < 4.78 is 1.12. The van der Waals surface area contributed by atoms with Crippen LogP contribution in [0.5, 0.6) is 0 Å². The van der Waals surface area contributed by atoms with Crippen LogP contribution in [0, 0.1) is 0 Å². The summed E-state index contributed by atoms with van der Waals surface area (Å²) >= 11 is 1.60. The highest BCUT2D eigenvalue weighted by Gasteiger charge is 2.14. The molecule has 5 heteroatoms. The minimum Gasteiger partial charge on any atom is -0.374 e. The molecular weight excluding hydrogens is 234 g/mol. The molecule has 2 aromatic rings. The van der Waals surface area contributed by atoms with Crippen molar-refractivity contribution in [3.05, 3.63) is 23.7 Å². The first kappa shape index (κ1) is 11.9. The Morgan fingerprint density at radius 3 is 2.94 bits per heavy atom. The smallest absolute Gasteiger partial charge is 0.244 e. The summed E-state index contributed by atoms with van der Waals surface area (Å²) in [7, 11) is 3.51. The number of anilines is 1. The number of amides is 1. The minimum atomic E-state index is -0.227. The number of hydrogen-bond donors (Lipinski definition) is 1. The Kier molecular flexibility index (Phi) is 3.28. The van der Waals surface area contributed by atoms with Crippen molar-refractivity contribution in [3.8, 4) is 0 Å². The highest BCUT2D eigenvalue weighted by Crippen LogP contribution is 2.22. The molecule has 0 aliphatic rings. The number of rotatable bonds is 3. The molecular formula is C12H15N3OS. The number of likely N-dealkylation sites (N-methyl/N-ethyl adjacent to an activating group) is 1. The summed E-state index contributed by atoms with van der Waals surface area (Å²) in [6, 6.07) is 5.70. The van der Waals surface area contributed by atoms with E-state index in [0.717, 1.165) is 15.9 Å². The maximum absolute atomic E-state index is 11.7. The van der Waals surface area contributed by atoms with Crippen LogP contribution in [-0.4, -0.2) is 35.9 Å². The maximum Gasteiger partial charge on any atom is 0.244 e. The molecule has 0 aliphatic carbocycles. The van der Waals surface area contributed by atoms with E-state index in [1.807, 2.05) is 30.6 Å². The van der Waals surface area contributed by atoms with Crippen molar-refractivity contribution >= 4 is 33.1 Å². The number of nitrogens with one attached hydrogen (secondary N) is 1. The average Bonchev–Trinajstić information content (AvgIpc) is 2.74. The third kappa shape index (κ3) is 2.55. The molecule has 2 rings (SSSR count). The Labute approximate surface area is 104 Å². The first-order valence-corrected chi connectivity index (χ1v) is 6.27. The lowest BCUT2D eigenvalue weighted by Gasteiger charge is -2.18. The van der Waals surface area contributed by atoms with Crippen LogP contribution in [0.3, 0.4) is 0 Å². The number of nitrogens with zero attached hydrogens (tertiary/aromatic N) is 2. The highest BCUT2D eigenvalue weighted by atomic mass is 32.1. The van der Waals surface area contributed by atoms with Gasteiger partial charge in [0.15, 0.2) is 0 Å². The minimum absolute atomic E-state index is 0.0643. The number of thiazole rings is 1. The number of hydrogen-bond acceptors (Lipinski definition) is 4. The molecule has 0 saturated carbocycles. The predicted molar refractivity (Wildman–Crippen MR) is 71.4 cm³/mol. The van der Waals surface area contributed by atoms with Crippen LogP contribution in [0.4, 0.5) is 5.69 Å². The molecule has 0 aliphatic heterocycles. The summed E-state index contributed by atoms with van der Waals surface area (Å²) in [6.07, 6.45) is 0. The third-order valence-electron chi connectivity index (χ3n) is 2.53. The van der Waals surface area contributed by atoms with Crippen molar-refractivity contribution in [1.82, 2.24) is 9.88 Å². The van der Waals surface area contributed by atoms with Gasteiger partial charge in [-0.25, -0.2) is 4.98 Å². The van der Waals surface area contributed by atoms with Crippen molar-refractivity contribution in [1.29, 1.82) is 0 Å². The third-order valence-corrected chi connectivity index (χ3v) is 3.32. The average molecular weight is 249 g/mol. The van der Waals surface area contributed by atoms with Gasteiger partial charge in [-0.05, 0) is 25.1 Å². The van der Waals surface area contributed by atoms with Crippen molar-refractivity contribution in [2.45, 2.75) is 13.0 Å². The fourth-order valence-electron chi connectivity index (χ4n) is 1.64. The summed E-state index contributed by atoms with van der Waals surface area (Å²) in [6.45, 7) is 1.86. The molecule has 1 aromatic heterocycles. The largest absolute Gasteiger partial charge is 0.374 e. The van der Waals surface area contributed by atoms with Gasteiger partial charge in [0.2, 0.25) is 5.91 Å². The van der Waals surface area contributed by atoms with Gasteiger partial charge in [0.05, 0.1) is 15.7 Å². The molecule has 0 radical (unpaired) electrons. The molecule has 1 aromatic carbocycles. The molecule has 1 N–H and O–H groups in total. The molecule has 1 unspecified atom stereocenters. The second-order valence-corrected chi connectivity index (χ2v) is 5.02. The molecule has 1 atom stereocenters. The van der Waals surface area contributed by atoms with Crippen LogP contribution in [0.1, 0.15) is 6.92 Å². The fourth-order valence-corrected chi connectivity index (χ4v) is 2.36. The van der Waals surface area contributed by atoms with Crippen molar-refractivity contribution in [2.24, 2.45) is 0 Å². The zero-order valence-electron chi connectivity index (χ0n) is 10.1. The van der Waals surface area contributed by atoms with E-state index in [4.69, 9.17) is 0 Å². The number of benzene rings is 1. The van der Waals surface area contributed by atoms with Crippen LogP contribution >= 0.6 is 11.3 Å². The number of aromatic nitrogens is 1. The van der Waals surface area contributed by atoms with E-state index in [-0.39, 0.29) is 11.9 Å². The maximum atomic E-state index is 11.7. The first-order valence-electron chi connectivity index (χ1n) is 5.39. The second kappa shape index (κ2) is 4.71. The van der Waals surface area contributed by atoms with Crippen molar-refractivity contribution in [3.63, 3.8) is 0 Å². The zero-order chi connectivity index (χ0) is 12.4. The summed E-state index contributed by atoms with van der Waals surface area (Å²) in [5, 5.41) is 3.19. The van der Waals surface area contributed by atoms with E-state index in [1.54, 1.807) is 30.3 Å². The molecule has 4 nitrogen and oxygen atoms in total. The van der Waals surface area contributed by atoms with Gasteiger partial charge < -0.3 is 10.2 Å². The number of carbonyl (C=O) groups excluding carboxylic acids is 1. The summed E-state index contributed by atoms with van der Waals surface area (Å²) in [5.74, 6) is 0.0643. The Hall–Kier alpha value is -1.62. The van der Waals surface area contributed by atoms with Gasteiger partial charge in [0, 0.05) is 19.8 Å². The van der Waals surface area contributed by atoms with E-state index in [9.17, 15) is 4.79 Å². The molecule has 0 bridgehead atoms. The van der Waals surface area contributed by atoms with Gasteiger partial charge in [-0.3, -0.25) is 4.79 Å². The Morgan fingerprint density at radius 2 is 2.24 bits per heavy atom. The van der Waals surface area contributed by atoms with Crippen molar-refractivity contribution in [2.75, 3.05) is 19.4 Å². The van der Waals surface area contributed by atoms with Crippen LogP contribution < -0.4 is 5.32 Å². The summed E-state index contributed by atoms with van der Waals surface area (Å²) in [4.78, 5) is 17.5. The molecule has 1 heterocycles. The van der Waals surface area contributed by atoms with Gasteiger partial charge >= 0.3 is 0 Å². The zero-order valence-corrected chi connectivity index (χ0v) is 10.9. The van der Waals surface area contributed by atoms with E-state index >= 15 is 0 Å². The Morgan fingerprint density at radius 1 is 1.47 bits per heavy atom. The molecule has 0 fully saturated rings. The highest BCUT2D eigenvalue weighted by molar-refractivity contribution is 7.16. The molecule has 17 heavy (non-hydrogen) atoms. The molecule has 0 saturated heterocycles. The van der Waals surface area contributed by atoms with Gasteiger partial charge in [0.1, 0.15) is 6.04 Å². The molecule has 1 amide bonds. The van der Waals surface area contributed by atoms with E-state index < -0.39 is 0 Å². The lowest BCUT2D eigenvalue weighted by atomic mass is 10.2. The Bertz CT molecular complexity index is 535. The summed E-state index contributed by atoms with van der Waals surface area (Å²) in [5.41, 5.74) is 3.76. The monoisotopic (exact) mass is 249 g/mol. The van der Waals surface area contributed by atoms with Crippen LogP contribution in [-0.2, 0) is 4.79 Å². The topological polar surface area (TPSA) is 45.2 Å². The van der Waals surface area contributed by atoms with Gasteiger partial charge in [-0.1, -0.05) is 0 Å². The Balaban J connectivity index is 2.15. The second-order valence-electron chi connectivity index (χ2n) is 4.13. The lowest BCUT2D eigenvalue weighted by Crippen LogP contribution is -2.36. The van der Waals surface area contributed by atoms with Crippen molar-refractivity contribution < 1.29 is 4.79 Å². The lowest BCUT2D eigenvalue weighted by molar-refractivity contribution is -0.129. The normalized spacial score (nSPS) is 12.4. The van der Waals surface area contributed by atoms with E-state index in [0.29, 0.717) is 0 Å². The first-order chi connectivity index (χ1) is 8.08. The van der Waals surface area contributed by atoms with Gasteiger partial charge in [0.25, 0.3) is 0 Å². The molecule has 90 valence electrons. The molecule has 0 spiro atoms. The standard InChI is InChI=1S/C12H15N3OS/c1-8(12(16)15(2)3)14-9-4-5-10-11(6-9)17-7-13-10/h4-8,14H,1-3H3. The van der Waals surface area contributed by atoms with Gasteiger partial charge in [-0.2, -0.15) is 0 Å².